The summed E-state index contributed by atoms with van der Waals surface area (Å²) in [6, 6.07) is 20.8. The number of nitrogens with one attached hydrogen (secondary N) is 2. The third-order valence-corrected chi connectivity index (χ3v) is 12.5. The Balaban J connectivity index is 0.906. The summed E-state index contributed by atoms with van der Waals surface area (Å²) in [6.45, 7) is 2.06. The smallest absolute Gasteiger partial charge is 0.270 e. The van der Waals surface area contributed by atoms with Crippen LogP contribution in [0.3, 0.4) is 0 Å². The minimum Gasteiger partial charge on any atom is -0.337 e. The molecular weight excluding hydrogens is 919 g/mol. The fourth-order valence-electron chi connectivity index (χ4n) is 8.83. The van der Waals surface area contributed by atoms with Gasteiger partial charge in [0.25, 0.3) is 52.7 Å². The Kier molecular flexibility index (Phi) is 14.2. The summed E-state index contributed by atoms with van der Waals surface area (Å²) in [5, 5.41) is 32.2. The molecule has 8 rings (SSSR count). The first-order chi connectivity index (χ1) is 34.1. The van der Waals surface area contributed by atoms with E-state index in [2.05, 4.69) is 15.8 Å². The third-order valence-electron chi connectivity index (χ3n) is 12.5. The van der Waals surface area contributed by atoms with Crippen LogP contribution in [0.2, 0.25) is 0 Å². The molecule has 2 N–H and O–H groups in total. The molecule has 0 atom stereocenters. The second kappa shape index (κ2) is 20.8. The van der Waals surface area contributed by atoms with Crippen molar-refractivity contribution in [3.63, 3.8) is 0 Å². The van der Waals surface area contributed by atoms with Crippen LogP contribution < -0.4 is 10.7 Å². The van der Waals surface area contributed by atoms with Gasteiger partial charge in [-0.1, -0.05) is 42.8 Å². The maximum Gasteiger partial charge on any atom is 0.270 e. The number of rotatable bonds is 21. The van der Waals surface area contributed by atoms with Gasteiger partial charge >= 0.3 is 0 Å². The van der Waals surface area contributed by atoms with Crippen LogP contribution in [0, 0.1) is 20.2 Å². The maximum atomic E-state index is 14.2. The van der Waals surface area contributed by atoms with Gasteiger partial charge in [-0.15, -0.1) is 0 Å². The third kappa shape index (κ3) is 10.2. The lowest BCUT2D eigenvalue weighted by Gasteiger charge is -2.30. The van der Waals surface area contributed by atoms with E-state index in [0.717, 1.165) is 20.8 Å². The number of nitro groups is 2. The predicted molar refractivity (Wildman–Crippen MR) is 256 cm³/mol. The largest absolute Gasteiger partial charge is 0.337 e. The van der Waals surface area contributed by atoms with Gasteiger partial charge in [0.15, 0.2) is 0 Å². The average Bonchev–Trinajstić information content (AvgIpc) is 3.69. The predicted octanol–water partition coefficient (Wildman–Crippen LogP) is 5.15. The van der Waals surface area contributed by atoms with Gasteiger partial charge in [0.1, 0.15) is 0 Å². The standard InChI is InChI=1S/C50H45N9O12/c1-30(52-53-41(60)12-3-2-4-22-55-42(61)17-18-43(55)62)31-13-15-32(16-14-31)46(63)54(24-25-57-48(65)38-11-6-9-34-27-36(59(70)71)29-40(45(34)38)50(57)67)21-7-19-51-20-23-56-47(64)37-10-5-8-33-26-35(58(68)69)28-39(44(33)37)49(56)66/h5-6,8-11,13-18,26-29,51H,2-4,7,12,19-25H2,1H3,(H,53,60)/b52-30+. The van der Waals surface area contributed by atoms with Gasteiger partial charge in [0, 0.05) is 110 Å². The van der Waals surface area contributed by atoms with Crippen LogP contribution in [0.1, 0.15) is 96.4 Å². The van der Waals surface area contributed by atoms with Crippen molar-refractivity contribution < 1.29 is 48.2 Å². The Morgan fingerprint density at radius 2 is 1.13 bits per heavy atom. The van der Waals surface area contributed by atoms with E-state index in [1.807, 2.05) is 0 Å². The molecule has 5 aromatic carbocycles. The molecule has 362 valence electrons. The van der Waals surface area contributed by atoms with Gasteiger partial charge < -0.3 is 10.2 Å². The van der Waals surface area contributed by atoms with Crippen molar-refractivity contribution in [3.8, 4) is 0 Å². The molecule has 8 amide bonds. The number of unbranched alkanes of at least 4 members (excludes halogenated alkanes) is 2. The number of hydrogen-bond acceptors (Lipinski definition) is 14. The fourth-order valence-corrected chi connectivity index (χ4v) is 8.83. The minimum atomic E-state index is -0.747. The molecule has 0 spiro atoms. The first kappa shape index (κ1) is 48.6. The topological polar surface area (TPSA) is 272 Å². The van der Waals surface area contributed by atoms with Gasteiger partial charge in [-0.25, -0.2) is 5.43 Å². The summed E-state index contributed by atoms with van der Waals surface area (Å²) in [4.78, 5) is 132. The van der Waals surface area contributed by atoms with Gasteiger partial charge in [0.05, 0.1) is 26.7 Å². The SMILES string of the molecule is C/C(=N\NC(=O)CCCCCN1C(=O)C=CC1=O)c1ccc(C(=O)N(CCCNCCN2C(=O)c3cccc4cc([N+](=O)[O-])cc(c34)C2=O)CCN2C(=O)c3cccc4cc([N+](=O)[O-])cc(c34)C2=O)cc1. The normalized spacial score (nSPS) is 14.3. The van der Waals surface area contributed by atoms with Crippen molar-refractivity contribution in [1.82, 2.24) is 30.3 Å². The van der Waals surface area contributed by atoms with Crippen LogP contribution in [0.5, 0.6) is 0 Å². The van der Waals surface area contributed by atoms with Gasteiger partial charge in [0.2, 0.25) is 5.91 Å². The summed E-state index contributed by atoms with van der Waals surface area (Å²) >= 11 is 0. The molecule has 0 saturated heterocycles. The summed E-state index contributed by atoms with van der Waals surface area (Å²) in [5.74, 6) is -4.05. The number of nitrogens with zero attached hydrogens (tertiary/aromatic N) is 7. The van der Waals surface area contributed by atoms with Crippen molar-refractivity contribution in [2.24, 2.45) is 5.10 Å². The highest BCUT2D eigenvalue weighted by Crippen LogP contribution is 2.35. The zero-order valence-corrected chi connectivity index (χ0v) is 38.3. The molecule has 0 bridgehead atoms. The first-order valence-electron chi connectivity index (χ1n) is 22.7. The number of carbonyl (C=O) groups excluding carboxylic acids is 8. The lowest BCUT2D eigenvalue weighted by molar-refractivity contribution is -0.384. The van der Waals surface area contributed by atoms with Crippen molar-refractivity contribution in [2.45, 2.75) is 39.0 Å². The van der Waals surface area contributed by atoms with Crippen LogP contribution >= 0.6 is 0 Å². The summed E-state index contributed by atoms with van der Waals surface area (Å²) in [5.41, 5.74) is 3.70. The van der Waals surface area contributed by atoms with E-state index in [4.69, 9.17) is 0 Å². The summed E-state index contributed by atoms with van der Waals surface area (Å²) < 4.78 is 0. The molecule has 71 heavy (non-hydrogen) atoms. The molecule has 0 aromatic heterocycles. The number of non-ortho nitro benzene ring substituents is 2. The Labute approximate surface area is 404 Å². The molecule has 0 saturated carbocycles. The monoisotopic (exact) mass is 963 g/mol. The number of imide groups is 3. The Morgan fingerprint density at radius 1 is 0.592 bits per heavy atom. The highest BCUT2D eigenvalue weighted by atomic mass is 16.6. The summed E-state index contributed by atoms with van der Waals surface area (Å²) in [6.07, 6.45) is 4.64. The molecule has 0 radical (unpaired) electrons. The van der Waals surface area contributed by atoms with Crippen LogP contribution in [0.4, 0.5) is 11.4 Å². The molecule has 3 aliphatic rings. The van der Waals surface area contributed by atoms with Crippen LogP contribution in [0.15, 0.2) is 102 Å². The highest BCUT2D eigenvalue weighted by Gasteiger charge is 2.36. The van der Waals surface area contributed by atoms with Crippen molar-refractivity contribution in [1.29, 1.82) is 0 Å². The van der Waals surface area contributed by atoms with E-state index < -0.39 is 39.4 Å². The number of carbonyl (C=O) groups is 8. The van der Waals surface area contributed by atoms with E-state index in [9.17, 15) is 58.6 Å². The van der Waals surface area contributed by atoms with E-state index >= 15 is 0 Å². The van der Waals surface area contributed by atoms with Gasteiger partial charge in [-0.05, 0) is 73.3 Å². The maximum absolute atomic E-state index is 14.2. The number of benzene rings is 5. The molecule has 3 aliphatic heterocycles. The van der Waals surface area contributed by atoms with Crippen molar-refractivity contribution >= 4 is 85.9 Å². The Hall–Kier alpha value is -8.85. The molecular formula is C50H45N9O12. The van der Waals surface area contributed by atoms with E-state index in [1.54, 1.807) is 61.5 Å². The highest BCUT2D eigenvalue weighted by molar-refractivity contribution is 6.27. The van der Waals surface area contributed by atoms with Gasteiger partial charge in [-0.2, -0.15) is 5.10 Å². The van der Waals surface area contributed by atoms with Crippen molar-refractivity contribution in [3.05, 3.63) is 151 Å². The fraction of sp³-hybridized carbons (Fsp3) is 0.260. The Morgan fingerprint density at radius 3 is 1.69 bits per heavy atom. The molecule has 0 aliphatic carbocycles. The van der Waals surface area contributed by atoms with E-state index in [1.165, 1.54) is 41.3 Å². The molecule has 5 aromatic rings. The minimum absolute atomic E-state index is 0.0114. The Bertz CT molecular complexity index is 3150. The van der Waals surface area contributed by atoms with Crippen LogP contribution in [-0.2, 0) is 14.4 Å². The zero-order chi connectivity index (χ0) is 50.5. The van der Waals surface area contributed by atoms with Crippen molar-refractivity contribution in [2.75, 3.05) is 45.8 Å². The van der Waals surface area contributed by atoms with Gasteiger partial charge in [-0.3, -0.25) is 73.3 Å². The second-order valence-corrected chi connectivity index (χ2v) is 17.0. The number of hydrogen-bond donors (Lipinski definition) is 2. The van der Waals surface area contributed by atoms with E-state index in [0.29, 0.717) is 58.5 Å². The molecule has 21 heteroatoms. The first-order valence-corrected chi connectivity index (χ1v) is 22.7. The quantitative estimate of drug-likeness (QED) is 0.0317. The van der Waals surface area contributed by atoms with E-state index in [-0.39, 0.29) is 109 Å². The number of nitro benzene ring substituents is 2. The van der Waals surface area contributed by atoms with Crippen LogP contribution in [0.25, 0.3) is 21.5 Å². The zero-order valence-electron chi connectivity index (χ0n) is 38.3. The number of hydrazone groups is 1. The van der Waals surface area contributed by atoms with Crippen LogP contribution in [-0.4, -0.2) is 128 Å². The summed E-state index contributed by atoms with van der Waals surface area (Å²) in [7, 11) is 0. The molecule has 0 unspecified atom stereocenters. The lowest BCUT2D eigenvalue weighted by Crippen LogP contribution is -2.46. The molecule has 3 heterocycles. The lowest BCUT2D eigenvalue weighted by atomic mass is 9.93. The average molecular weight is 964 g/mol. The molecule has 21 nitrogen and oxygen atoms in total. The number of amides is 8. The molecule has 0 fully saturated rings. The second-order valence-electron chi connectivity index (χ2n) is 17.0.